The van der Waals surface area contributed by atoms with Gasteiger partial charge in [-0.3, -0.25) is 9.78 Å². The summed E-state index contributed by atoms with van der Waals surface area (Å²) < 4.78 is 0. The maximum atomic E-state index is 11.9. The number of aromatic carboxylic acids is 1. The second kappa shape index (κ2) is 5.63. The van der Waals surface area contributed by atoms with Crippen LogP contribution in [0.1, 0.15) is 26.3 Å². The van der Waals surface area contributed by atoms with E-state index < -0.39 is 11.9 Å². The number of carboxylic acids is 1. The van der Waals surface area contributed by atoms with Crippen molar-refractivity contribution in [2.75, 3.05) is 5.32 Å². The van der Waals surface area contributed by atoms with Gasteiger partial charge in [-0.2, -0.15) is 5.26 Å². The van der Waals surface area contributed by atoms with E-state index in [0.717, 1.165) is 0 Å². The number of nitrogens with one attached hydrogen (secondary N) is 1. The average molecular weight is 267 g/mol. The van der Waals surface area contributed by atoms with Crippen molar-refractivity contribution < 1.29 is 14.7 Å². The first-order valence-electron chi connectivity index (χ1n) is 5.60. The van der Waals surface area contributed by atoms with E-state index in [2.05, 4.69) is 10.3 Å². The largest absolute Gasteiger partial charge is 0.478 e. The number of carbonyl (C=O) groups excluding carboxylic acids is 1. The first-order chi connectivity index (χ1) is 9.60. The summed E-state index contributed by atoms with van der Waals surface area (Å²) in [5.41, 5.74) is 1.08. The van der Waals surface area contributed by atoms with Gasteiger partial charge in [-0.25, -0.2) is 4.79 Å². The summed E-state index contributed by atoms with van der Waals surface area (Å²) in [6.45, 7) is 0. The van der Waals surface area contributed by atoms with Crippen molar-refractivity contribution in [2.24, 2.45) is 0 Å². The molecule has 0 unspecified atom stereocenters. The van der Waals surface area contributed by atoms with Crippen molar-refractivity contribution >= 4 is 17.6 Å². The van der Waals surface area contributed by atoms with Gasteiger partial charge in [-0.15, -0.1) is 0 Å². The van der Waals surface area contributed by atoms with Crippen LogP contribution in [0.2, 0.25) is 0 Å². The van der Waals surface area contributed by atoms with Crippen molar-refractivity contribution in [3.63, 3.8) is 0 Å². The lowest BCUT2D eigenvalue weighted by molar-refractivity contribution is 0.0696. The molecule has 0 atom stereocenters. The van der Waals surface area contributed by atoms with E-state index in [1.165, 1.54) is 18.5 Å². The number of benzene rings is 1. The summed E-state index contributed by atoms with van der Waals surface area (Å²) in [5.74, 6) is -1.61. The molecule has 6 heteroatoms. The van der Waals surface area contributed by atoms with Crippen molar-refractivity contribution in [2.45, 2.75) is 0 Å². The van der Waals surface area contributed by atoms with Gasteiger partial charge in [0.25, 0.3) is 5.91 Å². The Morgan fingerprint density at radius 3 is 2.40 bits per heavy atom. The molecular weight excluding hydrogens is 258 g/mol. The monoisotopic (exact) mass is 267 g/mol. The van der Waals surface area contributed by atoms with Crippen molar-refractivity contribution in [1.82, 2.24) is 4.98 Å². The summed E-state index contributed by atoms with van der Waals surface area (Å²) in [4.78, 5) is 26.4. The molecule has 1 aromatic carbocycles. The Bertz CT molecular complexity index is 702. The molecule has 0 saturated heterocycles. The highest BCUT2D eigenvalue weighted by Gasteiger charge is 2.10. The van der Waals surface area contributed by atoms with Crippen LogP contribution < -0.4 is 5.32 Å². The topological polar surface area (TPSA) is 103 Å². The van der Waals surface area contributed by atoms with Crippen molar-refractivity contribution in [3.8, 4) is 6.07 Å². The molecule has 2 N–H and O–H groups in total. The predicted molar refractivity (Wildman–Crippen MR) is 70.3 cm³/mol. The molecule has 1 amide bonds. The molecule has 1 aromatic heterocycles. The van der Waals surface area contributed by atoms with Crippen LogP contribution in [0.25, 0.3) is 0 Å². The summed E-state index contributed by atoms with van der Waals surface area (Å²) in [7, 11) is 0. The van der Waals surface area contributed by atoms with Crippen LogP contribution in [0, 0.1) is 11.3 Å². The highest BCUT2D eigenvalue weighted by molar-refractivity contribution is 6.05. The van der Waals surface area contributed by atoms with Crippen LogP contribution in [0.3, 0.4) is 0 Å². The van der Waals surface area contributed by atoms with E-state index in [-0.39, 0.29) is 11.1 Å². The van der Waals surface area contributed by atoms with Gasteiger partial charge in [0.05, 0.1) is 22.8 Å². The minimum atomic E-state index is -1.15. The highest BCUT2D eigenvalue weighted by Crippen LogP contribution is 2.11. The quantitative estimate of drug-likeness (QED) is 0.884. The van der Waals surface area contributed by atoms with E-state index in [0.29, 0.717) is 11.3 Å². The fourth-order valence-electron chi connectivity index (χ4n) is 1.51. The molecule has 1 heterocycles. The number of carbonyl (C=O) groups is 2. The third-order valence-electron chi connectivity index (χ3n) is 2.52. The lowest BCUT2D eigenvalue weighted by atomic mass is 10.2. The number of amides is 1. The van der Waals surface area contributed by atoms with Crippen LogP contribution in [0.5, 0.6) is 0 Å². The van der Waals surface area contributed by atoms with E-state index in [1.54, 1.807) is 24.3 Å². The number of pyridine rings is 1. The molecular formula is C14H9N3O3. The van der Waals surface area contributed by atoms with Gasteiger partial charge in [0.15, 0.2) is 0 Å². The van der Waals surface area contributed by atoms with E-state index >= 15 is 0 Å². The van der Waals surface area contributed by atoms with Gasteiger partial charge in [-0.05, 0) is 30.3 Å². The number of anilines is 1. The van der Waals surface area contributed by atoms with E-state index in [9.17, 15) is 9.59 Å². The Labute approximate surface area is 114 Å². The zero-order valence-corrected chi connectivity index (χ0v) is 10.2. The van der Waals surface area contributed by atoms with Gasteiger partial charge >= 0.3 is 5.97 Å². The van der Waals surface area contributed by atoms with Gasteiger partial charge in [0.2, 0.25) is 0 Å². The lowest BCUT2D eigenvalue weighted by Gasteiger charge is -2.05. The molecule has 2 aromatic rings. The molecule has 0 aliphatic carbocycles. The molecule has 0 spiro atoms. The fraction of sp³-hybridized carbons (Fsp3) is 0. The fourth-order valence-corrected chi connectivity index (χ4v) is 1.51. The number of nitriles is 1. The average Bonchev–Trinajstić information content (AvgIpc) is 2.48. The van der Waals surface area contributed by atoms with Crippen LogP contribution in [0.4, 0.5) is 5.69 Å². The first-order valence-corrected chi connectivity index (χ1v) is 5.60. The molecule has 0 fully saturated rings. The molecule has 0 aliphatic rings. The second-order valence-corrected chi connectivity index (χ2v) is 3.91. The molecule has 0 aliphatic heterocycles. The minimum Gasteiger partial charge on any atom is -0.478 e. The zero-order chi connectivity index (χ0) is 14.5. The van der Waals surface area contributed by atoms with Crippen molar-refractivity contribution in [3.05, 3.63) is 59.4 Å². The minimum absolute atomic E-state index is 0.0579. The van der Waals surface area contributed by atoms with Gasteiger partial charge in [-0.1, -0.05) is 0 Å². The maximum absolute atomic E-state index is 11.9. The third-order valence-corrected chi connectivity index (χ3v) is 2.52. The van der Waals surface area contributed by atoms with Gasteiger partial charge < -0.3 is 10.4 Å². The lowest BCUT2D eigenvalue weighted by Crippen LogP contribution is -2.13. The molecule has 98 valence electrons. The molecule has 0 radical (unpaired) electrons. The Hall–Kier alpha value is -3.20. The number of carboxylic acid groups (broad SMARTS) is 1. The number of aromatic nitrogens is 1. The van der Waals surface area contributed by atoms with E-state index in [1.807, 2.05) is 6.07 Å². The van der Waals surface area contributed by atoms with Crippen molar-refractivity contribution in [1.29, 1.82) is 5.26 Å². The normalized spacial score (nSPS) is 9.55. The Morgan fingerprint density at radius 2 is 1.80 bits per heavy atom. The summed E-state index contributed by atoms with van der Waals surface area (Å²) in [6.07, 6.45) is 2.45. The van der Waals surface area contributed by atoms with Crippen LogP contribution >= 0.6 is 0 Å². The van der Waals surface area contributed by atoms with Crippen LogP contribution in [-0.2, 0) is 0 Å². The maximum Gasteiger partial charge on any atom is 0.337 e. The SMILES string of the molecule is N#Cc1ccc(NC(=O)c2cncc(C(=O)O)c2)cc1. The molecule has 6 nitrogen and oxygen atoms in total. The summed E-state index contributed by atoms with van der Waals surface area (Å²) >= 11 is 0. The number of nitrogens with zero attached hydrogens (tertiary/aromatic N) is 2. The van der Waals surface area contributed by atoms with Crippen LogP contribution in [0.15, 0.2) is 42.7 Å². The van der Waals surface area contributed by atoms with Gasteiger partial charge in [0, 0.05) is 18.1 Å². The summed E-state index contributed by atoms with van der Waals surface area (Å²) in [5, 5.41) is 20.1. The predicted octanol–water partition coefficient (Wildman–Crippen LogP) is 1.90. The van der Waals surface area contributed by atoms with Crippen LogP contribution in [-0.4, -0.2) is 22.0 Å². The zero-order valence-electron chi connectivity index (χ0n) is 10.2. The Kier molecular flexibility index (Phi) is 3.72. The first kappa shape index (κ1) is 13.2. The standard InChI is InChI=1S/C14H9N3O3/c15-6-9-1-3-12(4-2-9)17-13(18)10-5-11(14(19)20)8-16-7-10/h1-5,7-8H,(H,17,18)(H,19,20). The Balaban J connectivity index is 2.17. The molecule has 0 bridgehead atoms. The molecule has 2 rings (SSSR count). The number of hydrogen-bond donors (Lipinski definition) is 2. The number of hydrogen-bond acceptors (Lipinski definition) is 4. The molecule has 0 saturated carbocycles. The summed E-state index contributed by atoms with van der Waals surface area (Å²) in [6, 6.07) is 9.53. The molecule has 20 heavy (non-hydrogen) atoms. The smallest absolute Gasteiger partial charge is 0.337 e. The van der Waals surface area contributed by atoms with E-state index in [4.69, 9.17) is 10.4 Å². The highest BCUT2D eigenvalue weighted by atomic mass is 16.4. The van der Waals surface area contributed by atoms with Gasteiger partial charge in [0.1, 0.15) is 0 Å². The third kappa shape index (κ3) is 2.97. The second-order valence-electron chi connectivity index (χ2n) is 3.91. The Morgan fingerprint density at radius 1 is 1.15 bits per heavy atom. The number of rotatable bonds is 3.